The lowest BCUT2D eigenvalue weighted by atomic mass is 10.0. The van der Waals surface area contributed by atoms with Crippen LogP contribution in [0.15, 0.2) is 12.4 Å². The summed E-state index contributed by atoms with van der Waals surface area (Å²) in [5, 5.41) is 0. The van der Waals surface area contributed by atoms with Crippen LogP contribution in [0.3, 0.4) is 0 Å². The molecule has 0 bridgehead atoms. The molecule has 1 rings (SSSR count). The molecule has 0 saturated heterocycles. The van der Waals surface area contributed by atoms with Crippen LogP contribution in [0.5, 0.6) is 0 Å². The molecular weight excluding hydrogens is 212 g/mol. The van der Waals surface area contributed by atoms with Crippen LogP contribution in [0.25, 0.3) is 0 Å². The van der Waals surface area contributed by atoms with Crippen molar-refractivity contribution in [3.8, 4) is 0 Å². The molecule has 0 aliphatic rings. The molecule has 0 amide bonds. The van der Waals surface area contributed by atoms with E-state index in [-0.39, 0.29) is 0 Å². The summed E-state index contributed by atoms with van der Waals surface area (Å²) in [6.07, 6.45) is 12.3. The number of rotatable bonds is 9. The van der Waals surface area contributed by atoms with Crippen molar-refractivity contribution in [2.45, 2.75) is 57.9 Å². The summed E-state index contributed by atoms with van der Waals surface area (Å²) < 4.78 is 2.07. The zero-order valence-corrected chi connectivity index (χ0v) is 11.2. The number of nitrogens with two attached hydrogens (primary N) is 1. The van der Waals surface area contributed by atoms with E-state index in [4.69, 9.17) is 5.84 Å². The standard InChI is InChI=1S/C13H26N4/c1-3-4-5-6-7-12(16-14)8-9-13-15-10-11-17(13)2/h10-12,16H,3-9,14H2,1-2H3. The third kappa shape index (κ3) is 5.33. The van der Waals surface area contributed by atoms with Gasteiger partial charge < -0.3 is 4.57 Å². The average Bonchev–Trinajstić information content (AvgIpc) is 2.74. The number of imidazole rings is 1. The summed E-state index contributed by atoms with van der Waals surface area (Å²) in [7, 11) is 2.04. The quantitative estimate of drug-likeness (QED) is 0.394. The highest BCUT2D eigenvalue weighted by Crippen LogP contribution is 2.10. The van der Waals surface area contributed by atoms with Crippen LogP contribution < -0.4 is 11.3 Å². The molecular formula is C13H26N4. The Labute approximate surface area is 105 Å². The molecule has 0 fully saturated rings. The van der Waals surface area contributed by atoms with Gasteiger partial charge in [-0.2, -0.15) is 0 Å². The van der Waals surface area contributed by atoms with Gasteiger partial charge in [-0.05, 0) is 12.8 Å². The Balaban J connectivity index is 2.20. The summed E-state index contributed by atoms with van der Waals surface area (Å²) in [4.78, 5) is 4.33. The van der Waals surface area contributed by atoms with Gasteiger partial charge in [0.1, 0.15) is 5.82 Å². The third-order valence-corrected chi connectivity index (χ3v) is 3.28. The third-order valence-electron chi connectivity index (χ3n) is 3.28. The van der Waals surface area contributed by atoms with Gasteiger partial charge >= 0.3 is 0 Å². The summed E-state index contributed by atoms with van der Waals surface area (Å²) in [6.45, 7) is 2.24. The van der Waals surface area contributed by atoms with Crippen molar-refractivity contribution in [1.29, 1.82) is 0 Å². The van der Waals surface area contributed by atoms with Crippen molar-refractivity contribution in [2.75, 3.05) is 0 Å². The zero-order valence-electron chi connectivity index (χ0n) is 11.2. The average molecular weight is 238 g/mol. The monoisotopic (exact) mass is 238 g/mol. The van der Waals surface area contributed by atoms with Crippen molar-refractivity contribution in [3.63, 3.8) is 0 Å². The van der Waals surface area contributed by atoms with Gasteiger partial charge in [0, 0.05) is 31.9 Å². The van der Waals surface area contributed by atoms with E-state index < -0.39 is 0 Å². The summed E-state index contributed by atoms with van der Waals surface area (Å²) in [6, 6.07) is 0.420. The van der Waals surface area contributed by atoms with E-state index in [0.29, 0.717) is 6.04 Å². The Bertz CT molecular complexity index is 295. The number of aryl methyl sites for hydroxylation is 2. The normalized spacial score (nSPS) is 12.9. The van der Waals surface area contributed by atoms with E-state index in [9.17, 15) is 0 Å². The summed E-state index contributed by atoms with van der Waals surface area (Å²) in [5.74, 6) is 6.73. The number of nitrogens with one attached hydrogen (secondary N) is 1. The molecule has 4 nitrogen and oxygen atoms in total. The molecule has 1 aromatic heterocycles. The van der Waals surface area contributed by atoms with E-state index in [1.807, 2.05) is 19.4 Å². The number of hydrogen-bond donors (Lipinski definition) is 2. The fourth-order valence-electron chi connectivity index (χ4n) is 2.07. The molecule has 1 unspecified atom stereocenters. The predicted molar refractivity (Wildman–Crippen MR) is 71.4 cm³/mol. The molecule has 0 aliphatic heterocycles. The number of unbranched alkanes of at least 4 members (excludes halogenated alkanes) is 3. The van der Waals surface area contributed by atoms with Gasteiger partial charge in [-0.3, -0.25) is 11.3 Å². The highest BCUT2D eigenvalue weighted by Gasteiger charge is 2.08. The first-order valence-corrected chi connectivity index (χ1v) is 6.70. The maximum atomic E-state index is 5.59. The number of nitrogens with zero attached hydrogens (tertiary/aromatic N) is 2. The van der Waals surface area contributed by atoms with Crippen molar-refractivity contribution < 1.29 is 0 Å². The van der Waals surface area contributed by atoms with Crippen LogP contribution in [0.2, 0.25) is 0 Å². The Kier molecular flexibility index (Phi) is 6.89. The van der Waals surface area contributed by atoms with E-state index >= 15 is 0 Å². The van der Waals surface area contributed by atoms with Crippen LogP contribution in [-0.4, -0.2) is 15.6 Å². The van der Waals surface area contributed by atoms with Gasteiger partial charge in [0.15, 0.2) is 0 Å². The second kappa shape index (κ2) is 8.25. The molecule has 0 aliphatic carbocycles. The second-order valence-electron chi connectivity index (χ2n) is 4.71. The molecule has 1 aromatic rings. The second-order valence-corrected chi connectivity index (χ2v) is 4.71. The van der Waals surface area contributed by atoms with Crippen LogP contribution in [-0.2, 0) is 13.5 Å². The predicted octanol–water partition coefficient (Wildman–Crippen LogP) is 2.16. The van der Waals surface area contributed by atoms with E-state index in [2.05, 4.69) is 21.9 Å². The van der Waals surface area contributed by atoms with Gasteiger partial charge in [0.2, 0.25) is 0 Å². The molecule has 98 valence electrons. The van der Waals surface area contributed by atoms with Crippen molar-refractivity contribution in [3.05, 3.63) is 18.2 Å². The van der Waals surface area contributed by atoms with Gasteiger partial charge in [-0.25, -0.2) is 4.98 Å². The maximum Gasteiger partial charge on any atom is 0.108 e. The van der Waals surface area contributed by atoms with E-state index in [0.717, 1.165) is 18.7 Å². The molecule has 1 heterocycles. The van der Waals surface area contributed by atoms with Gasteiger partial charge in [0.05, 0.1) is 0 Å². The minimum atomic E-state index is 0.420. The van der Waals surface area contributed by atoms with Crippen molar-refractivity contribution >= 4 is 0 Å². The van der Waals surface area contributed by atoms with Crippen LogP contribution in [0.1, 0.15) is 51.3 Å². The fraction of sp³-hybridized carbons (Fsp3) is 0.769. The zero-order chi connectivity index (χ0) is 12.5. The summed E-state index contributed by atoms with van der Waals surface area (Å²) >= 11 is 0. The smallest absolute Gasteiger partial charge is 0.108 e. The van der Waals surface area contributed by atoms with E-state index in [1.165, 1.54) is 32.1 Å². The molecule has 0 spiro atoms. The minimum Gasteiger partial charge on any atom is -0.338 e. The largest absolute Gasteiger partial charge is 0.338 e. The van der Waals surface area contributed by atoms with E-state index in [1.54, 1.807) is 0 Å². The highest BCUT2D eigenvalue weighted by atomic mass is 15.2. The molecule has 0 saturated carbocycles. The van der Waals surface area contributed by atoms with Gasteiger partial charge in [-0.15, -0.1) is 0 Å². The molecule has 1 atom stereocenters. The molecule has 3 N–H and O–H groups in total. The molecule has 0 radical (unpaired) electrons. The first-order valence-electron chi connectivity index (χ1n) is 6.70. The lowest BCUT2D eigenvalue weighted by molar-refractivity contribution is 0.436. The first kappa shape index (κ1) is 14.2. The van der Waals surface area contributed by atoms with Crippen molar-refractivity contribution in [2.24, 2.45) is 12.9 Å². The lowest BCUT2D eigenvalue weighted by Crippen LogP contribution is -2.35. The molecule has 17 heavy (non-hydrogen) atoms. The summed E-state index contributed by atoms with van der Waals surface area (Å²) in [5.41, 5.74) is 2.92. The Morgan fingerprint density at radius 2 is 2.18 bits per heavy atom. The van der Waals surface area contributed by atoms with Crippen LogP contribution in [0, 0.1) is 0 Å². The number of hydrogen-bond acceptors (Lipinski definition) is 3. The highest BCUT2D eigenvalue weighted by molar-refractivity contribution is 4.91. The number of aromatic nitrogens is 2. The van der Waals surface area contributed by atoms with Crippen LogP contribution >= 0.6 is 0 Å². The van der Waals surface area contributed by atoms with Crippen LogP contribution in [0.4, 0.5) is 0 Å². The number of hydrazine groups is 1. The molecule has 0 aromatic carbocycles. The topological polar surface area (TPSA) is 55.9 Å². The van der Waals surface area contributed by atoms with Gasteiger partial charge in [0.25, 0.3) is 0 Å². The first-order chi connectivity index (χ1) is 8.27. The Hall–Kier alpha value is -0.870. The SMILES string of the molecule is CCCCCCC(CCc1nccn1C)NN. The Morgan fingerprint density at radius 3 is 2.76 bits per heavy atom. The lowest BCUT2D eigenvalue weighted by Gasteiger charge is -2.15. The Morgan fingerprint density at radius 1 is 1.35 bits per heavy atom. The minimum absolute atomic E-state index is 0.420. The van der Waals surface area contributed by atoms with Crippen molar-refractivity contribution in [1.82, 2.24) is 15.0 Å². The molecule has 4 heteroatoms. The van der Waals surface area contributed by atoms with Gasteiger partial charge in [-0.1, -0.05) is 32.6 Å². The maximum absolute atomic E-state index is 5.59. The fourth-order valence-corrected chi connectivity index (χ4v) is 2.07.